The van der Waals surface area contributed by atoms with E-state index >= 15 is 0 Å². The summed E-state index contributed by atoms with van der Waals surface area (Å²) in [6.45, 7) is 0. The Bertz CT molecular complexity index is 766. The Morgan fingerprint density at radius 2 is 2.05 bits per heavy atom. The van der Waals surface area contributed by atoms with Gasteiger partial charge in [-0.15, -0.1) is 11.3 Å². The lowest BCUT2D eigenvalue weighted by Crippen LogP contribution is -2.18. The first-order valence-corrected chi connectivity index (χ1v) is 7.51. The van der Waals surface area contributed by atoms with E-state index in [0.717, 1.165) is 0 Å². The molecule has 1 amide bonds. The van der Waals surface area contributed by atoms with Crippen molar-refractivity contribution in [2.24, 2.45) is 0 Å². The Morgan fingerprint density at radius 3 is 2.81 bits per heavy atom. The van der Waals surface area contributed by atoms with Crippen molar-refractivity contribution in [3.8, 4) is 0 Å². The lowest BCUT2D eigenvalue weighted by molar-refractivity contribution is -0.116. The van der Waals surface area contributed by atoms with Crippen LogP contribution in [0.2, 0.25) is 0 Å². The van der Waals surface area contributed by atoms with Crippen LogP contribution in [-0.4, -0.2) is 11.1 Å². The zero-order valence-electron chi connectivity index (χ0n) is 10.9. The summed E-state index contributed by atoms with van der Waals surface area (Å²) >= 11 is 6.48. The third kappa shape index (κ3) is 3.26. The molecule has 2 aromatic rings. The second kappa shape index (κ2) is 6.03. The fourth-order valence-corrected chi connectivity index (χ4v) is 3.04. The largest absolute Gasteiger partial charge is 0.426 e. The fourth-order valence-electron chi connectivity index (χ4n) is 1.88. The predicted molar refractivity (Wildman–Crippen MR) is 89.9 cm³/mol. The molecule has 0 bridgehead atoms. The number of amides is 1. The summed E-state index contributed by atoms with van der Waals surface area (Å²) in [6.07, 6.45) is 9.12. The number of thiophene rings is 1. The number of benzene rings is 1. The van der Waals surface area contributed by atoms with Gasteiger partial charge in [0.05, 0.1) is 0 Å². The number of allylic oxidation sites excluding steroid dienone is 4. The molecule has 104 valence electrons. The molecule has 1 aromatic heterocycles. The third-order valence-corrected chi connectivity index (χ3v) is 4.08. The molecule has 1 saturated heterocycles. The summed E-state index contributed by atoms with van der Waals surface area (Å²) in [5.74, 6) is -0.0929. The maximum atomic E-state index is 11.3. The molecule has 0 atom stereocenters. The number of hydrogen-bond acceptors (Lipinski definition) is 4. The maximum absolute atomic E-state index is 11.3. The minimum absolute atomic E-state index is 0.0977. The first-order chi connectivity index (χ1) is 10.2. The number of fused-ring (bicyclic) bond motifs is 1. The highest BCUT2D eigenvalue weighted by molar-refractivity contribution is 7.80. The van der Waals surface area contributed by atoms with Gasteiger partial charge in [-0.3, -0.25) is 10.1 Å². The molecule has 1 N–H and O–H groups in total. The summed E-state index contributed by atoms with van der Waals surface area (Å²) in [5, 5.41) is 3.75. The zero-order chi connectivity index (χ0) is 14.7. The predicted octanol–water partition coefficient (Wildman–Crippen LogP) is 3.79. The molecule has 0 spiro atoms. The zero-order valence-corrected chi connectivity index (χ0v) is 12.5. The second-order valence-corrected chi connectivity index (χ2v) is 5.79. The van der Waals surface area contributed by atoms with Gasteiger partial charge < -0.3 is 4.74 Å². The molecule has 1 aliphatic heterocycles. The third-order valence-electron chi connectivity index (χ3n) is 2.82. The first-order valence-electron chi connectivity index (χ1n) is 6.29. The molecule has 0 unspecified atom stereocenters. The number of nitrogens with one attached hydrogen (secondary N) is 1. The lowest BCUT2D eigenvalue weighted by Gasteiger charge is -1.88. The number of carbonyl (C=O) groups excluding carboxylic acids is 1. The van der Waals surface area contributed by atoms with Crippen molar-refractivity contribution in [3.63, 3.8) is 0 Å². The SMILES string of the molecule is O=C1NC(=S)OC1=CC=CC=Cc1cc2ccccc2s1. The highest BCUT2D eigenvalue weighted by Crippen LogP contribution is 2.26. The Kier molecular flexibility index (Phi) is 3.94. The quantitative estimate of drug-likeness (QED) is 0.532. The van der Waals surface area contributed by atoms with E-state index in [2.05, 4.69) is 23.5 Å². The number of rotatable bonds is 3. The number of hydrogen-bond donors (Lipinski definition) is 1. The molecule has 5 heteroatoms. The van der Waals surface area contributed by atoms with Gasteiger partial charge in [-0.2, -0.15) is 0 Å². The van der Waals surface area contributed by atoms with Gasteiger partial charge in [0.1, 0.15) is 0 Å². The molecule has 1 aromatic carbocycles. The van der Waals surface area contributed by atoms with Crippen LogP contribution in [0.15, 0.2) is 60.4 Å². The smallest absolute Gasteiger partial charge is 0.294 e. The van der Waals surface area contributed by atoms with Crippen LogP contribution in [-0.2, 0) is 9.53 Å². The minimum Gasteiger partial charge on any atom is -0.426 e. The molecule has 21 heavy (non-hydrogen) atoms. The summed E-state index contributed by atoms with van der Waals surface area (Å²) < 4.78 is 6.31. The summed E-state index contributed by atoms with van der Waals surface area (Å²) in [7, 11) is 0. The van der Waals surface area contributed by atoms with E-state index in [1.54, 1.807) is 23.5 Å². The second-order valence-electron chi connectivity index (χ2n) is 4.31. The average Bonchev–Trinajstić information content (AvgIpc) is 3.01. The summed E-state index contributed by atoms with van der Waals surface area (Å²) in [5.41, 5.74) is 0. The Morgan fingerprint density at radius 1 is 1.19 bits per heavy atom. The molecule has 1 aliphatic rings. The molecule has 2 heterocycles. The fraction of sp³-hybridized carbons (Fsp3) is 0. The average molecular weight is 313 g/mol. The van der Waals surface area contributed by atoms with Crippen LogP contribution in [0.4, 0.5) is 0 Å². The minimum atomic E-state index is -0.307. The molecule has 0 aliphatic carbocycles. The van der Waals surface area contributed by atoms with Gasteiger partial charge in [0.25, 0.3) is 11.1 Å². The van der Waals surface area contributed by atoms with Crippen molar-refractivity contribution in [2.45, 2.75) is 0 Å². The number of thiocarbonyl (C=S) groups is 1. The van der Waals surface area contributed by atoms with Gasteiger partial charge in [0.15, 0.2) is 5.76 Å². The van der Waals surface area contributed by atoms with Gasteiger partial charge in [-0.25, -0.2) is 0 Å². The lowest BCUT2D eigenvalue weighted by atomic mass is 10.2. The monoisotopic (exact) mass is 313 g/mol. The van der Waals surface area contributed by atoms with Gasteiger partial charge in [0.2, 0.25) is 0 Å². The van der Waals surface area contributed by atoms with Crippen LogP contribution in [0.1, 0.15) is 4.88 Å². The van der Waals surface area contributed by atoms with Gasteiger partial charge >= 0.3 is 0 Å². The van der Waals surface area contributed by atoms with Gasteiger partial charge in [0, 0.05) is 9.58 Å². The molecule has 3 rings (SSSR count). The van der Waals surface area contributed by atoms with E-state index in [1.807, 2.05) is 30.4 Å². The van der Waals surface area contributed by atoms with Crippen LogP contribution in [0.25, 0.3) is 16.2 Å². The van der Waals surface area contributed by atoms with Crippen LogP contribution in [0, 0.1) is 0 Å². The molecular formula is C16H11NO2S2. The Labute approximate surface area is 131 Å². The van der Waals surface area contributed by atoms with Crippen molar-refractivity contribution < 1.29 is 9.53 Å². The van der Waals surface area contributed by atoms with Crippen LogP contribution >= 0.6 is 23.6 Å². The van der Waals surface area contributed by atoms with Crippen molar-refractivity contribution in [1.82, 2.24) is 5.32 Å². The van der Waals surface area contributed by atoms with E-state index in [-0.39, 0.29) is 16.8 Å². The van der Waals surface area contributed by atoms with E-state index in [4.69, 9.17) is 17.0 Å². The van der Waals surface area contributed by atoms with Crippen LogP contribution < -0.4 is 5.32 Å². The molecule has 0 saturated carbocycles. The standard InChI is InChI=1S/C16H11NO2S2/c18-15-13(19-16(20)17-15)8-3-1-2-7-12-10-11-6-4-5-9-14(11)21-12/h1-10H,(H,17,18,20). The van der Waals surface area contributed by atoms with Gasteiger partial charge in [-0.05, 0) is 41.9 Å². The Hall–Kier alpha value is -2.24. The summed E-state index contributed by atoms with van der Waals surface area (Å²) in [6, 6.07) is 10.4. The molecule has 1 fully saturated rings. The molecule has 3 nitrogen and oxygen atoms in total. The Balaban J connectivity index is 1.66. The normalized spacial score (nSPS) is 17.2. The van der Waals surface area contributed by atoms with E-state index in [0.29, 0.717) is 0 Å². The van der Waals surface area contributed by atoms with Crippen molar-refractivity contribution in [3.05, 3.63) is 65.3 Å². The molecule has 0 radical (unpaired) electrons. The van der Waals surface area contributed by atoms with E-state index in [1.165, 1.54) is 15.0 Å². The highest BCUT2D eigenvalue weighted by Gasteiger charge is 2.21. The van der Waals surface area contributed by atoms with Gasteiger partial charge in [-0.1, -0.05) is 36.4 Å². The van der Waals surface area contributed by atoms with Crippen LogP contribution in [0.5, 0.6) is 0 Å². The highest BCUT2D eigenvalue weighted by atomic mass is 32.1. The maximum Gasteiger partial charge on any atom is 0.294 e. The topological polar surface area (TPSA) is 38.3 Å². The van der Waals surface area contributed by atoms with Crippen molar-refractivity contribution in [2.75, 3.05) is 0 Å². The summed E-state index contributed by atoms with van der Waals surface area (Å²) in [4.78, 5) is 12.5. The molecular weight excluding hydrogens is 302 g/mol. The van der Waals surface area contributed by atoms with Crippen molar-refractivity contribution >= 4 is 50.8 Å². The van der Waals surface area contributed by atoms with Crippen LogP contribution in [0.3, 0.4) is 0 Å². The van der Waals surface area contributed by atoms with E-state index < -0.39 is 0 Å². The number of carbonyl (C=O) groups is 1. The first kappa shape index (κ1) is 13.7. The van der Waals surface area contributed by atoms with E-state index in [9.17, 15) is 4.79 Å². The number of ether oxygens (including phenoxy) is 1. The van der Waals surface area contributed by atoms with Crippen molar-refractivity contribution in [1.29, 1.82) is 0 Å².